The Kier molecular flexibility index (Phi) is 13.2. The number of unbranched alkanes of at least 4 members (excludes halogenated alkanes) is 1. The van der Waals surface area contributed by atoms with Crippen LogP contribution in [0.2, 0.25) is 0 Å². The van der Waals surface area contributed by atoms with Crippen molar-refractivity contribution in [3.63, 3.8) is 0 Å². The highest BCUT2D eigenvalue weighted by molar-refractivity contribution is 5.79. The van der Waals surface area contributed by atoms with Crippen LogP contribution in [0.15, 0.2) is 29.3 Å². The first-order valence-electron chi connectivity index (χ1n) is 10.1. The number of rotatable bonds is 14. The number of hydrogen-bond acceptors (Lipinski definition) is 4. The molecule has 0 atom stereocenters. The molecule has 0 aliphatic rings. The Morgan fingerprint density at radius 1 is 1.04 bits per heavy atom. The minimum atomic E-state index is 0.166. The van der Waals surface area contributed by atoms with Gasteiger partial charge in [-0.15, -0.1) is 0 Å². The zero-order chi connectivity index (χ0) is 19.7. The van der Waals surface area contributed by atoms with Crippen molar-refractivity contribution in [1.82, 2.24) is 10.6 Å². The maximum absolute atomic E-state index is 5.74. The highest BCUT2D eigenvalue weighted by atomic mass is 16.5. The molecule has 0 radical (unpaired) electrons. The minimum absolute atomic E-state index is 0.166. The van der Waals surface area contributed by atoms with Gasteiger partial charge < -0.3 is 24.8 Å². The molecule has 0 heterocycles. The van der Waals surface area contributed by atoms with Gasteiger partial charge in [0.05, 0.1) is 32.5 Å². The van der Waals surface area contributed by atoms with E-state index in [9.17, 15) is 0 Å². The lowest BCUT2D eigenvalue weighted by molar-refractivity contribution is 0.0487. The molecular formula is C21H37N3O3. The maximum Gasteiger partial charge on any atom is 0.191 e. The van der Waals surface area contributed by atoms with Crippen molar-refractivity contribution in [3.05, 3.63) is 29.8 Å². The molecule has 1 rings (SSSR count). The molecule has 6 heteroatoms. The van der Waals surface area contributed by atoms with Gasteiger partial charge in [0.15, 0.2) is 5.96 Å². The van der Waals surface area contributed by atoms with E-state index in [0.29, 0.717) is 32.9 Å². The molecule has 0 aromatic heterocycles. The van der Waals surface area contributed by atoms with E-state index in [1.807, 2.05) is 32.0 Å². The lowest BCUT2D eigenvalue weighted by atomic mass is 10.2. The molecule has 0 fully saturated rings. The molecule has 0 saturated heterocycles. The van der Waals surface area contributed by atoms with Crippen LogP contribution in [0.1, 0.15) is 46.1 Å². The summed E-state index contributed by atoms with van der Waals surface area (Å²) in [6.45, 7) is 13.1. The van der Waals surface area contributed by atoms with Gasteiger partial charge >= 0.3 is 0 Å². The summed E-state index contributed by atoms with van der Waals surface area (Å²) in [4.78, 5) is 4.63. The Labute approximate surface area is 164 Å². The second-order valence-electron chi connectivity index (χ2n) is 6.51. The molecule has 154 valence electrons. The van der Waals surface area contributed by atoms with Gasteiger partial charge in [0.25, 0.3) is 0 Å². The Bertz CT molecular complexity index is 521. The fourth-order valence-corrected chi connectivity index (χ4v) is 2.31. The van der Waals surface area contributed by atoms with Crippen molar-refractivity contribution in [1.29, 1.82) is 0 Å². The summed E-state index contributed by atoms with van der Waals surface area (Å²) in [5, 5.41) is 6.54. The molecule has 0 unspecified atom stereocenters. The maximum atomic E-state index is 5.74. The number of nitrogens with one attached hydrogen (secondary N) is 2. The zero-order valence-corrected chi connectivity index (χ0v) is 17.4. The molecule has 1 aromatic rings. The van der Waals surface area contributed by atoms with Gasteiger partial charge in [-0.3, -0.25) is 0 Å². The Balaban J connectivity index is 2.31. The smallest absolute Gasteiger partial charge is 0.191 e. The first kappa shape index (κ1) is 23.2. The molecule has 0 saturated carbocycles. The molecule has 0 bridgehead atoms. The average molecular weight is 380 g/mol. The Morgan fingerprint density at radius 3 is 2.52 bits per heavy atom. The summed E-state index contributed by atoms with van der Waals surface area (Å²) in [7, 11) is 0. The molecule has 27 heavy (non-hydrogen) atoms. The van der Waals surface area contributed by atoms with Crippen LogP contribution in [0.5, 0.6) is 5.75 Å². The summed E-state index contributed by atoms with van der Waals surface area (Å²) in [5.74, 6) is 1.67. The number of hydrogen-bond donors (Lipinski definition) is 2. The van der Waals surface area contributed by atoms with Crippen molar-refractivity contribution in [2.45, 2.75) is 53.2 Å². The second kappa shape index (κ2) is 15.3. The third-order valence-electron chi connectivity index (χ3n) is 3.59. The number of ether oxygens (including phenoxy) is 3. The van der Waals surface area contributed by atoms with E-state index in [1.54, 1.807) is 0 Å². The predicted molar refractivity (Wildman–Crippen MR) is 112 cm³/mol. The van der Waals surface area contributed by atoms with Gasteiger partial charge in [-0.25, -0.2) is 4.99 Å². The average Bonchev–Trinajstić information content (AvgIpc) is 2.64. The number of aliphatic imine (C=N–C) groups is 1. The second-order valence-corrected chi connectivity index (χ2v) is 6.51. The molecule has 6 nitrogen and oxygen atoms in total. The molecular weight excluding hydrogens is 342 g/mol. The van der Waals surface area contributed by atoms with Crippen LogP contribution < -0.4 is 15.4 Å². The summed E-state index contributed by atoms with van der Waals surface area (Å²) < 4.78 is 16.8. The van der Waals surface area contributed by atoms with E-state index in [1.165, 1.54) is 0 Å². The molecule has 0 aliphatic carbocycles. The lowest BCUT2D eigenvalue weighted by Crippen LogP contribution is -2.39. The molecule has 0 amide bonds. The molecule has 0 aliphatic heterocycles. The molecule has 1 aromatic carbocycles. The number of guanidine groups is 1. The van der Waals surface area contributed by atoms with Gasteiger partial charge in [0.2, 0.25) is 0 Å². The first-order chi connectivity index (χ1) is 13.2. The van der Waals surface area contributed by atoms with E-state index >= 15 is 0 Å². The summed E-state index contributed by atoms with van der Waals surface area (Å²) in [5.41, 5.74) is 1.12. The Hall–Kier alpha value is -1.79. The van der Waals surface area contributed by atoms with Crippen LogP contribution in [-0.2, 0) is 16.0 Å². The summed E-state index contributed by atoms with van der Waals surface area (Å²) in [6, 6.07) is 8.07. The quantitative estimate of drug-likeness (QED) is 0.295. The SMILES string of the molecule is CCCCOCCOCCNC(=NCc1cccc(OC(C)C)c1)NCC. The number of nitrogens with zero attached hydrogens (tertiary/aromatic N) is 1. The van der Waals surface area contributed by atoms with Crippen LogP contribution >= 0.6 is 0 Å². The van der Waals surface area contributed by atoms with Crippen LogP contribution in [0, 0.1) is 0 Å². The van der Waals surface area contributed by atoms with Crippen molar-refractivity contribution < 1.29 is 14.2 Å². The van der Waals surface area contributed by atoms with Crippen molar-refractivity contribution >= 4 is 5.96 Å². The third-order valence-corrected chi connectivity index (χ3v) is 3.59. The fraction of sp³-hybridized carbons (Fsp3) is 0.667. The van der Waals surface area contributed by atoms with Crippen molar-refractivity contribution in [3.8, 4) is 5.75 Å². The van der Waals surface area contributed by atoms with Gasteiger partial charge in [-0.05, 0) is 44.9 Å². The van der Waals surface area contributed by atoms with Crippen LogP contribution in [0.4, 0.5) is 0 Å². The third kappa shape index (κ3) is 12.3. The Morgan fingerprint density at radius 2 is 1.81 bits per heavy atom. The van der Waals surface area contributed by atoms with Crippen LogP contribution in [0.25, 0.3) is 0 Å². The van der Waals surface area contributed by atoms with Crippen LogP contribution in [0.3, 0.4) is 0 Å². The normalized spacial score (nSPS) is 11.7. The number of benzene rings is 1. The van der Waals surface area contributed by atoms with E-state index in [4.69, 9.17) is 14.2 Å². The minimum Gasteiger partial charge on any atom is -0.491 e. The van der Waals surface area contributed by atoms with Gasteiger partial charge in [0.1, 0.15) is 5.75 Å². The van der Waals surface area contributed by atoms with Crippen LogP contribution in [-0.4, -0.2) is 51.6 Å². The summed E-state index contributed by atoms with van der Waals surface area (Å²) in [6.07, 6.45) is 2.43. The standard InChI is InChI=1S/C21H37N3O3/c1-5-7-12-25-14-15-26-13-11-23-21(22-6-2)24-17-19-9-8-10-20(16-19)27-18(3)4/h8-10,16,18H,5-7,11-15,17H2,1-4H3,(H2,22,23,24). The largest absolute Gasteiger partial charge is 0.491 e. The predicted octanol–water partition coefficient (Wildman–Crippen LogP) is 3.36. The molecule has 2 N–H and O–H groups in total. The van der Waals surface area contributed by atoms with Gasteiger partial charge in [0, 0.05) is 19.7 Å². The van der Waals surface area contributed by atoms with Crippen molar-refractivity contribution in [2.75, 3.05) is 39.5 Å². The first-order valence-corrected chi connectivity index (χ1v) is 10.1. The topological polar surface area (TPSA) is 64.1 Å². The summed E-state index contributed by atoms with van der Waals surface area (Å²) >= 11 is 0. The van der Waals surface area contributed by atoms with Gasteiger partial charge in [-0.2, -0.15) is 0 Å². The van der Waals surface area contributed by atoms with E-state index in [2.05, 4.69) is 35.5 Å². The van der Waals surface area contributed by atoms with E-state index in [-0.39, 0.29) is 6.10 Å². The highest BCUT2D eigenvalue weighted by Gasteiger charge is 2.01. The van der Waals surface area contributed by atoms with Gasteiger partial charge in [-0.1, -0.05) is 25.5 Å². The monoisotopic (exact) mass is 379 g/mol. The van der Waals surface area contributed by atoms with Crippen molar-refractivity contribution in [2.24, 2.45) is 4.99 Å². The van der Waals surface area contributed by atoms with E-state index < -0.39 is 0 Å². The molecule has 0 spiro atoms. The zero-order valence-electron chi connectivity index (χ0n) is 17.4. The van der Waals surface area contributed by atoms with E-state index in [0.717, 1.165) is 43.3 Å². The lowest BCUT2D eigenvalue weighted by Gasteiger charge is -2.12. The highest BCUT2D eigenvalue weighted by Crippen LogP contribution is 2.15. The fourth-order valence-electron chi connectivity index (χ4n) is 2.31.